The summed E-state index contributed by atoms with van der Waals surface area (Å²) in [6, 6.07) is 17.6. The summed E-state index contributed by atoms with van der Waals surface area (Å²) in [6.07, 6.45) is -1.75. The number of hydrogen-bond donors (Lipinski definition) is 1. The van der Waals surface area contributed by atoms with Crippen LogP contribution in [0.15, 0.2) is 72.9 Å². The van der Waals surface area contributed by atoms with Gasteiger partial charge in [-0.25, -0.2) is 0 Å². The van der Waals surface area contributed by atoms with Gasteiger partial charge in [-0.05, 0) is 53.6 Å². The Balaban J connectivity index is 1.22. The first-order valence-corrected chi connectivity index (χ1v) is 11.6. The van der Waals surface area contributed by atoms with Crippen molar-refractivity contribution in [3.8, 4) is 17.2 Å². The van der Waals surface area contributed by atoms with Crippen LogP contribution in [0.1, 0.15) is 23.1 Å². The number of benzene rings is 3. The van der Waals surface area contributed by atoms with E-state index in [0.717, 1.165) is 28.6 Å². The van der Waals surface area contributed by atoms with Gasteiger partial charge >= 0.3 is 12.1 Å². The first-order valence-electron chi connectivity index (χ1n) is 11.6. The number of alkyl halides is 3. The van der Waals surface area contributed by atoms with Crippen molar-refractivity contribution in [2.45, 2.75) is 25.6 Å². The fourth-order valence-corrected chi connectivity index (χ4v) is 3.67. The van der Waals surface area contributed by atoms with Gasteiger partial charge in [0.2, 0.25) is 0 Å². The summed E-state index contributed by atoms with van der Waals surface area (Å²) in [5.41, 5.74) is 1.70. The van der Waals surface area contributed by atoms with Crippen LogP contribution in [0.25, 0.3) is 10.9 Å². The van der Waals surface area contributed by atoms with E-state index < -0.39 is 11.7 Å². The summed E-state index contributed by atoms with van der Waals surface area (Å²) in [6.45, 7) is 0.997. The van der Waals surface area contributed by atoms with Gasteiger partial charge in [-0.2, -0.15) is 13.2 Å². The molecule has 0 saturated carbocycles. The molecule has 0 aliphatic carbocycles. The van der Waals surface area contributed by atoms with Gasteiger partial charge in [0.1, 0.15) is 23.9 Å². The topological polar surface area (TPSA) is 69.8 Å². The molecule has 0 amide bonds. The van der Waals surface area contributed by atoms with E-state index in [2.05, 4.69) is 4.98 Å². The lowest BCUT2D eigenvalue weighted by Gasteiger charge is -2.11. The fraction of sp³-hybridized carbons (Fsp3) is 0.250. The molecule has 0 radical (unpaired) electrons. The van der Waals surface area contributed by atoms with Crippen LogP contribution >= 0.6 is 0 Å². The van der Waals surface area contributed by atoms with Crippen molar-refractivity contribution in [2.75, 3.05) is 20.3 Å². The minimum Gasteiger partial charge on any atom is -0.493 e. The molecule has 0 bridgehead atoms. The lowest BCUT2D eigenvalue weighted by molar-refractivity contribution is -0.140. The van der Waals surface area contributed by atoms with E-state index in [1.54, 1.807) is 30.5 Å². The van der Waals surface area contributed by atoms with Crippen LogP contribution in [0.4, 0.5) is 13.2 Å². The molecule has 1 heterocycles. The Bertz CT molecular complexity index is 1330. The second-order valence-electron chi connectivity index (χ2n) is 8.28. The summed E-state index contributed by atoms with van der Waals surface area (Å²) < 4.78 is 60.1. The van der Waals surface area contributed by atoms with E-state index in [1.807, 2.05) is 18.2 Å². The first-order chi connectivity index (χ1) is 17.8. The van der Waals surface area contributed by atoms with Gasteiger partial charge in [0.15, 0.2) is 0 Å². The standard InChI is InChI=1S/C28H26F3NO5/c1-34-27(33)14-20-17-32-26-11-10-24(16-25(20)26)36-13-3-12-35-22-4-2-5-23(15-22)37-18-19-6-8-21(9-7-19)28(29,30)31/h2,4-11,15-17,32H,3,12-14,18H2,1H3. The monoisotopic (exact) mass is 513 g/mol. The molecule has 9 heteroatoms. The molecular weight excluding hydrogens is 487 g/mol. The van der Waals surface area contributed by atoms with Gasteiger partial charge in [0.25, 0.3) is 0 Å². The van der Waals surface area contributed by atoms with Gasteiger partial charge in [-0.3, -0.25) is 4.79 Å². The number of rotatable bonds is 11. The van der Waals surface area contributed by atoms with Crippen LogP contribution in [0, 0.1) is 0 Å². The highest BCUT2D eigenvalue weighted by atomic mass is 19.4. The summed E-state index contributed by atoms with van der Waals surface area (Å²) in [5.74, 6) is 1.55. The molecule has 0 atom stereocenters. The number of halogens is 3. The molecule has 0 aliphatic rings. The summed E-state index contributed by atoms with van der Waals surface area (Å²) >= 11 is 0. The van der Waals surface area contributed by atoms with Crippen LogP contribution < -0.4 is 14.2 Å². The Morgan fingerprint density at radius 3 is 2.22 bits per heavy atom. The largest absolute Gasteiger partial charge is 0.493 e. The lowest BCUT2D eigenvalue weighted by atomic mass is 10.1. The van der Waals surface area contributed by atoms with Gasteiger partial charge < -0.3 is 23.9 Å². The van der Waals surface area contributed by atoms with Gasteiger partial charge in [-0.15, -0.1) is 0 Å². The number of fused-ring (bicyclic) bond motifs is 1. The molecule has 3 aromatic carbocycles. The average molecular weight is 514 g/mol. The predicted molar refractivity (Wildman–Crippen MR) is 132 cm³/mol. The number of carbonyl (C=O) groups excluding carboxylic acids is 1. The summed E-state index contributed by atoms with van der Waals surface area (Å²) in [5, 5.41) is 0.910. The number of hydrogen-bond acceptors (Lipinski definition) is 5. The Labute approximate surface area is 211 Å². The van der Waals surface area contributed by atoms with Crippen molar-refractivity contribution < 1.29 is 36.9 Å². The van der Waals surface area contributed by atoms with Crippen LogP contribution in [0.5, 0.6) is 17.2 Å². The fourth-order valence-electron chi connectivity index (χ4n) is 3.67. The third-order valence-corrected chi connectivity index (χ3v) is 5.62. The third kappa shape index (κ3) is 7.19. The Kier molecular flexibility index (Phi) is 8.22. The normalized spacial score (nSPS) is 11.4. The number of nitrogens with one attached hydrogen (secondary N) is 1. The van der Waals surface area contributed by atoms with Crippen LogP contribution in [-0.2, 0) is 28.7 Å². The number of aromatic nitrogens is 1. The predicted octanol–water partition coefficient (Wildman–Crippen LogP) is 6.33. The molecule has 1 aromatic heterocycles. The number of esters is 1. The minimum atomic E-state index is -4.36. The molecule has 0 fully saturated rings. The second kappa shape index (κ2) is 11.7. The molecule has 4 rings (SSSR count). The Morgan fingerprint density at radius 2 is 1.54 bits per heavy atom. The van der Waals surface area contributed by atoms with E-state index in [9.17, 15) is 18.0 Å². The number of carbonyl (C=O) groups is 1. The van der Waals surface area contributed by atoms with Crippen molar-refractivity contribution in [1.82, 2.24) is 4.98 Å². The molecule has 0 aliphatic heterocycles. The van der Waals surface area contributed by atoms with E-state index in [1.165, 1.54) is 19.2 Å². The molecule has 0 spiro atoms. The lowest BCUT2D eigenvalue weighted by Crippen LogP contribution is -2.06. The highest BCUT2D eigenvalue weighted by Gasteiger charge is 2.29. The average Bonchev–Trinajstić information content (AvgIpc) is 3.29. The number of ether oxygens (including phenoxy) is 4. The molecule has 0 unspecified atom stereocenters. The molecule has 194 valence electrons. The van der Waals surface area contributed by atoms with Crippen molar-refractivity contribution in [3.63, 3.8) is 0 Å². The van der Waals surface area contributed by atoms with E-state index >= 15 is 0 Å². The zero-order chi connectivity index (χ0) is 26.3. The smallest absolute Gasteiger partial charge is 0.416 e. The second-order valence-corrected chi connectivity index (χ2v) is 8.28. The summed E-state index contributed by atoms with van der Waals surface area (Å²) in [7, 11) is 1.36. The quantitative estimate of drug-likeness (QED) is 0.188. The third-order valence-electron chi connectivity index (χ3n) is 5.62. The molecule has 0 saturated heterocycles. The zero-order valence-electron chi connectivity index (χ0n) is 20.1. The van der Waals surface area contributed by atoms with Gasteiger partial charge in [0.05, 0.1) is 32.3 Å². The molecule has 1 N–H and O–H groups in total. The van der Waals surface area contributed by atoms with Crippen molar-refractivity contribution in [3.05, 3.63) is 89.6 Å². The van der Waals surface area contributed by atoms with Crippen molar-refractivity contribution in [2.24, 2.45) is 0 Å². The van der Waals surface area contributed by atoms with Gasteiger partial charge in [-0.1, -0.05) is 18.2 Å². The molecule has 6 nitrogen and oxygen atoms in total. The minimum absolute atomic E-state index is 0.141. The van der Waals surface area contributed by atoms with Crippen molar-refractivity contribution in [1.29, 1.82) is 0 Å². The maximum atomic E-state index is 12.7. The van der Waals surface area contributed by atoms with Crippen LogP contribution in [0.2, 0.25) is 0 Å². The Hall–Kier alpha value is -4.14. The molecular formula is C28H26F3NO5. The Morgan fingerprint density at radius 1 is 0.865 bits per heavy atom. The maximum Gasteiger partial charge on any atom is 0.416 e. The van der Waals surface area contributed by atoms with E-state index in [0.29, 0.717) is 42.4 Å². The highest BCUT2D eigenvalue weighted by Crippen LogP contribution is 2.29. The van der Waals surface area contributed by atoms with Crippen LogP contribution in [0.3, 0.4) is 0 Å². The molecule has 4 aromatic rings. The van der Waals surface area contributed by atoms with Crippen LogP contribution in [-0.4, -0.2) is 31.3 Å². The maximum absolute atomic E-state index is 12.7. The summed E-state index contributed by atoms with van der Waals surface area (Å²) in [4.78, 5) is 14.7. The highest BCUT2D eigenvalue weighted by molar-refractivity contribution is 5.88. The number of methoxy groups -OCH3 is 1. The van der Waals surface area contributed by atoms with Gasteiger partial charge in [0, 0.05) is 29.6 Å². The first kappa shape index (κ1) is 25.9. The molecule has 37 heavy (non-hydrogen) atoms. The number of aromatic amines is 1. The number of H-pyrrole nitrogens is 1. The SMILES string of the molecule is COC(=O)Cc1c[nH]c2ccc(OCCCOc3cccc(OCc4ccc(C(F)(F)F)cc4)c3)cc12. The van der Waals surface area contributed by atoms with E-state index in [-0.39, 0.29) is 19.0 Å². The van der Waals surface area contributed by atoms with Crippen molar-refractivity contribution >= 4 is 16.9 Å². The zero-order valence-corrected chi connectivity index (χ0v) is 20.1. The van der Waals surface area contributed by atoms with E-state index in [4.69, 9.17) is 18.9 Å².